The van der Waals surface area contributed by atoms with Crippen LogP contribution in [0, 0.1) is 0 Å². The van der Waals surface area contributed by atoms with E-state index in [1.165, 1.54) is 23.2 Å². The van der Waals surface area contributed by atoms with Gasteiger partial charge < -0.3 is 14.9 Å². The molecule has 1 amide bonds. The van der Waals surface area contributed by atoms with E-state index in [1.807, 2.05) is 0 Å². The maximum atomic E-state index is 13.5. The number of aromatic carboxylic acids is 1. The zero-order valence-electron chi connectivity index (χ0n) is 17.0. The number of benzene rings is 2. The summed E-state index contributed by atoms with van der Waals surface area (Å²) in [5, 5.41) is 20.7. The average Bonchev–Trinajstić information content (AvgIpc) is 2.76. The van der Waals surface area contributed by atoms with Crippen LogP contribution in [-0.2, 0) is 0 Å². The summed E-state index contributed by atoms with van der Waals surface area (Å²) in [6.45, 7) is 0. The Kier molecular flexibility index (Phi) is 5.58. The molecule has 2 aromatic carbocycles. The number of phenolic OH excluding ortho intramolecular Hbond substituents is 1. The fraction of sp³-hybridized carbons (Fsp3) is 0.208. The molecule has 0 bridgehead atoms. The second kappa shape index (κ2) is 8.47. The number of carboxylic acid groups (broad SMARTS) is 1. The van der Waals surface area contributed by atoms with E-state index in [-0.39, 0.29) is 22.9 Å². The van der Waals surface area contributed by atoms with Gasteiger partial charge in [-0.1, -0.05) is 12.5 Å². The smallest absolute Gasteiger partial charge is 0.335 e. The van der Waals surface area contributed by atoms with E-state index < -0.39 is 11.9 Å². The summed E-state index contributed by atoms with van der Waals surface area (Å²) >= 11 is 0. The molecule has 7 heteroatoms. The number of aromatic hydroxyl groups is 1. The Morgan fingerprint density at radius 2 is 1.87 bits per heavy atom. The summed E-state index contributed by atoms with van der Waals surface area (Å²) in [7, 11) is 1.55. The van der Waals surface area contributed by atoms with Crippen LogP contribution >= 0.6 is 0 Å². The van der Waals surface area contributed by atoms with Gasteiger partial charge in [-0.05, 0) is 61.2 Å². The van der Waals surface area contributed by atoms with E-state index in [1.54, 1.807) is 49.7 Å². The lowest BCUT2D eigenvalue weighted by atomic mass is 9.79. The van der Waals surface area contributed by atoms with Gasteiger partial charge in [-0.3, -0.25) is 14.7 Å². The van der Waals surface area contributed by atoms with E-state index in [4.69, 9.17) is 4.74 Å². The van der Waals surface area contributed by atoms with Gasteiger partial charge in [-0.15, -0.1) is 0 Å². The minimum atomic E-state index is -1.11. The van der Waals surface area contributed by atoms with Crippen LogP contribution in [0.4, 0.5) is 11.4 Å². The number of nitrogens with zero attached hydrogens (tertiary/aromatic N) is 2. The summed E-state index contributed by atoms with van der Waals surface area (Å²) in [6.07, 6.45) is 5.92. The Hall–Kier alpha value is -3.87. The molecule has 31 heavy (non-hydrogen) atoms. The van der Waals surface area contributed by atoms with Crippen LogP contribution in [-0.4, -0.2) is 34.2 Å². The molecule has 1 fully saturated rings. The van der Waals surface area contributed by atoms with E-state index in [2.05, 4.69) is 4.98 Å². The Morgan fingerprint density at radius 3 is 2.48 bits per heavy atom. The van der Waals surface area contributed by atoms with Crippen LogP contribution in [0.5, 0.6) is 11.5 Å². The lowest BCUT2D eigenvalue weighted by Crippen LogP contribution is -2.27. The van der Waals surface area contributed by atoms with Gasteiger partial charge in [0.25, 0.3) is 5.91 Å². The van der Waals surface area contributed by atoms with Crippen LogP contribution in [0.1, 0.15) is 51.5 Å². The number of ether oxygens (including phenoxy) is 1. The van der Waals surface area contributed by atoms with Crippen molar-refractivity contribution < 1.29 is 24.5 Å². The van der Waals surface area contributed by atoms with Crippen LogP contribution in [0.15, 0.2) is 60.9 Å². The number of phenols is 1. The number of anilines is 2. The zero-order chi connectivity index (χ0) is 22.0. The summed E-state index contributed by atoms with van der Waals surface area (Å²) in [4.78, 5) is 30.3. The molecule has 7 nitrogen and oxygen atoms in total. The number of aromatic nitrogens is 1. The number of hydrogen-bond donors (Lipinski definition) is 2. The second-order valence-electron chi connectivity index (χ2n) is 7.41. The number of carboxylic acids is 1. The second-order valence-corrected chi connectivity index (χ2v) is 7.41. The Bertz CT molecular complexity index is 1130. The van der Waals surface area contributed by atoms with E-state index in [0.717, 1.165) is 19.3 Å². The summed E-state index contributed by atoms with van der Waals surface area (Å²) in [5.41, 5.74) is 1.61. The van der Waals surface area contributed by atoms with E-state index >= 15 is 0 Å². The average molecular weight is 418 g/mol. The molecule has 0 spiro atoms. The van der Waals surface area contributed by atoms with Gasteiger partial charge in [-0.2, -0.15) is 0 Å². The van der Waals surface area contributed by atoms with Crippen molar-refractivity contribution in [1.29, 1.82) is 0 Å². The van der Waals surface area contributed by atoms with E-state index in [9.17, 15) is 19.8 Å². The highest BCUT2D eigenvalue weighted by Crippen LogP contribution is 2.49. The molecule has 0 radical (unpaired) electrons. The maximum absolute atomic E-state index is 13.5. The largest absolute Gasteiger partial charge is 0.505 e. The number of rotatable bonds is 6. The number of carbonyl (C=O) groups is 2. The van der Waals surface area contributed by atoms with Crippen molar-refractivity contribution in [1.82, 2.24) is 4.98 Å². The van der Waals surface area contributed by atoms with Gasteiger partial charge in [0.2, 0.25) is 0 Å². The van der Waals surface area contributed by atoms with Crippen molar-refractivity contribution in [2.75, 3.05) is 12.0 Å². The van der Waals surface area contributed by atoms with Gasteiger partial charge in [-0.25, -0.2) is 4.79 Å². The Balaban J connectivity index is 1.90. The maximum Gasteiger partial charge on any atom is 0.335 e. The molecule has 2 N–H and O–H groups in total. The third kappa shape index (κ3) is 3.82. The molecule has 1 heterocycles. The highest BCUT2D eigenvalue weighted by Gasteiger charge is 2.31. The molecule has 0 unspecified atom stereocenters. The highest BCUT2D eigenvalue weighted by atomic mass is 16.5. The molecule has 158 valence electrons. The highest BCUT2D eigenvalue weighted by molar-refractivity contribution is 6.12. The number of hydrogen-bond acceptors (Lipinski definition) is 5. The van der Waals surface area contributed by atoms with E-state index in [0.29, 0.717) is 22.6 Å². The predicted octanol–water partition coefficient (Wildman–Crippen LogP) is 4.74. The van der Waals surface area contributed by atoms with Crippen LogP contribution in [0.3, 0.4) is 0 Å². The molecule has 1 aliphatic rings. The molecule has 3 aromatic rings. The van der Waals surface area contributed by atoms with Crippen molar-refractivity contribution in [2.45, 2.75) is 25.2 Å². The predicted molar refractivity (Wildman–Crippen MR) is 115 cm³/mol. The fourth-order valence-corrected chi connectivity index (χ4v) is 3.79. The fourth-order valence-electron chi connectivity index (χ4n) is 3.79. The zero-order valence-corrected chi connectivity index (χ0v) is 17.0. The normalized spacial score (nSPS) is 13.3. The van der Waals surface area contributed by atoms with Crippen molar-refractivity contribution in [3.8, 4) is 11.5 Å². The number of carbonyl (C=O) groups excluding carboxylic acids is 1. The van der Waals surface area contributed by atoms with Crippen molar-refractivity contribution in [3.05, 3.63) is 77.6 Å². The summed E-state index contributed by atoms with van der Waals surface area (Å²) in [6, 6.07) is 12.7. The molecular weight excluding hydrogens is 396 g/mol. The number of amides is 1. The Labute approximate surface area is 179 Å². The lowest BCUT2D eigenvalue weighted by molar-refractivity contribution is 0.0696. The molecule has 0 aliphatic heterocycles. The first-order valence-electron chi connectivity index (χ1n) is 9.99. The molecule has 4 rings (SSSR count). The number of methoxy groups -OCH3 is 1. The minimum Gasteiger partial charge on any atom is -0.505 e. The van der Waals surface area contributed by atoms with Gasteiger partial charge in [0.05, 0.1) is 29.6 Å². The van der Waals surface area contributed by atoms with Crippen molar-refractivity contribution in [2.24, 2.45) is 0 Å². The molecule has 1 aliphatic carbocycles. The van der Waals surface area contributed by atoms with Crippen molar-refractivity contribution in [3.63, 3.8) is 0 Å². The van der Waals surface area contributed by atoms with Crippen molar-refractivity contribution >= 4 is 23.3 Å². The first-order chi connectivity index (χ1) is 15.0. The standard InChI is InChI=1S/C24H22N2O5/c1-31-20-11-10-19(22(27)21(20)15-5-2-6-15)26(23(28)17-8-4-12-25-14-17)18-9-3-7-16(13-18)24(29)30/h3-4,7-15,27H,2,5-6H2,1H3,(H,29,30). The number of pyridine rings is 1. The van der Waals surface area contributed by atoms with Crippen LogP contribution in [0.2, 0.25) is 0 Å². The Morgan fingerprint density at radius 1 is 1.10 bits per heavy atom. The van der Waals surface area contributed by atoms with Crippen LogP contribution < -0.4 is 9.64 Å². The molecule has 0 atom stereocenters. The minimum absolute atomic E-state index is 0.0358. The first kappa shape index (κ1) is 20.4. The molecule has 1 aromatic heterocycles. The van der Waals surface area contributed by atoms with Gasteiger partial charge in [0.15, 0.2) is 0 Å². The SMILES string of the molecule is COc1ccc(N(C(=O)c2cccnc2)c2cccc(C(=O)O)c2)c(O)c1C1CCC1. The lowest BCUT2D eigenvalue weighted by Gasteiger charge is -2.31. The van der Waals surface area contributed by atoms with Gasteiger partial charge in [0, 0.05) is 18.0 Å². The molecule has 1 saturated carbocycles. The quantitative estimate of drug-likeness (QED) is 0.600. The summed E-state index contributed by atoms with van der Waals surface area (Å²) in [5.74, 6) is -0.864. The molecular formula is C24H22N2O5. The third-order valence-electron chi connectivity index (χ3n) is 5.59. The van der Waals surface area contributed by atoms with Gasteiger partial charge >= 0.3 is 5.97 Å². The monoisotopic (exact) mass is 418 g/mol. The molecule has 0 saturated heterocycles. The topological polar surface area (TPSA) is 100.0 Å². The summed E-state index contributed by atoms with van der Waals surface area (Å²) < 4.78 is 5.47. The third-order valence-corrected chi connectivity index (χ3v) is 5.59. The first-order valence-corrected chi connectivity index (χ1v) is 9.99. The van der Waals surface area contributed by atoms with Gasteiger partial charge in [0.1, 0.15) is 11.5 Å². The van der Waals surface area contributed by atoms with Crippen LogP contribution in [0.25, 0.3) is 0 Å².